The number of nitrogens with zero attached hydrogens (tertiary/aromatic N) is 1. The topological polar surface area (TPSA) is 15.3 Å². The molecule has 0 amide bonds. The van der Waals surface area contributed by atoms with Gasteiger partial charge in [-0.2, -0.15) is 0 Å². The van der Waals surface area contributed by atoms with Gasteiger partial charge in [-0.05, 0) is 33.0 Å². The van der Waals surface area contributed by atoms with E-state index in [1.807, 2.05) is 0 Å². The molecule has 0 aliphatic rings. The van der Waals surface area contributed by atoms with Crippen LogP contribution in [0.2, 0.25) is 0 Å². The average Bonchev–Trinajstić information content (AvgIpc) is 2.11. The first-order chi connectivity index (χ1) is 6.11. The molecule has 2 heteroatoms. The monoisotopic (exact) mass is 186 g/mol. The summed E-state index contributed by atoms with van der Waals surface area (Å²) < 4.78 is 0. The predicted molar refractivity (Wildman–Crippen MR) is 60.1 cm³/mol. The van der Waals surface area contributed by atoms with Crippen molar-refractivity contribution in [1.82, 2.24) is 10.2 Å². The second-order valence-corrected chi connectivity index (χ2v) is 4.20. The van der Waals surface area contributed by atoms with Gasteiger partial charge in [-0.3, -0.25) is 0 Å². The summed E-state index contributed by atoms with van der Waals surface area (Å²) in [5.41, 5.74) is 0. The van der Waals surface area contributed by atoms with Crippen LogP contribution in [0.15, 0.2) is 0 Å². The molecule has 0 fully saturated rings. The molecule has 0 heterocycles. The molecule has 0 aromatic carbocycles. The molecule has 0 radical (unpaired) electrons. The summed E-state index contributed by atoms with van der Waals surface area (Å²) in [5, 5.41) is 3.53. The van der Waals surface area contributed by atoms with Crippen molar-refractivity contribution in [2.45, 2.75) is 39.7 Å². The van der Waals surface area contributed by atoms with Gasteiger partial charge in [0.2, 0.25) is 0 Å². The van der Waals surface area contributed by atoms with Crippen LogP contribution in [-0.2, 0) is 0 Å². The molecular formula is C11H26N2. The average molecular weight is 186 g/mol. The number of rotatable bonds is 7. The Morgan fingerprint density at radius 2 is 1.69 bits per heavy atom. The van der Waals surface area contributed by atoms with Gasteiger partial charge in [-0.1, -0.05) is 27.2 Å². The number of nitrogens with one attached hydrogen (secondary N) is 1. The minimum absolute atomic E-state index is 0.684. The van der Waals surface area contributed by atoms with Crippen LogP contribution < -0.4 is 5.32 Å². The van der Waals surface area contributed by atoms with Gasteiger partial charge in [0.15, 0.2) is 0 Å². The van der Waals surface area contributed by atoms with E-state index >= 15 is 0 Å². The van der Waals surface area contributed by atoms with E-state index in [4.69, 9.17) is 0 Å². The van der Waals surface area contributed by atoms with E-state index in [1.165, 1.54) is 12.8 Å². The predicted octanol–water partition coefficient (Wildman–Crippen LogP) is 1.96. The molecule has 0 aromatic rings. The SMILES string of the molecule is CCC(C)CNCC(CC)N(C)C. The molecule has 2 unspecified atom stereocenters. The van der Waals surface area contributed by atoms with Gasteiger partial charge >= 0.3 is 0 Å². The Balaban J connectivity index is 3.49. The lowest BCUT2D eigenvalue weighted by Gasteiger charge is -2.23. The summed E-state index contributed by atoms with van der Waals surface area (Å²) in [6.07, 6.45) is 2.49. The smallest absolute Gasteiger partial charge is 0.0211 e. The molecule has 0 rings (SSSR count). The summed E-state index contributed by atoms with van der Waals surface area (Å²) in [5.74, 6) is 0.805. The zero-order valence-electron chi connectivity index (χ0n) is 9.93. The van der Waals surface area contributed by atoms with E-state index < -0.39 is 0 Å². The van der Waals surface area contributed by atoms with E-state index in [9.17, 15) is 0 Å². The molecule has 80 valence electrons. The molecule has 1 N–H and O–H groups in total. The highest BCUT2D eigenvalue weighted by Crippen LogP contribution is 2.00. The van der Waals surface area contributed by atoms with Crippen LogP contribution in [0.1, 0.15) is 33.6 Å². The fourth-order valence-electron chi connectivity index (χ4n) is 1.33. The third kappa shape index (κ3) is 6.05. The Morgan fingerprint density at radius 1 is 1.08 bits per heavy atom. The van der Waals surface area contributed by atoms with Crippen molar-refractivity contribution in [2.75, 3.05) is 27.2 Å². The van der Waals surface area contributed by atoms with Crippen molar-refractivity contribution >= 4 is 0 Å². The van der Waals surface area contributed by atoms with Crippen molar-refractivity contribution in [3.05, 3.63) is 0 Å². The largest absolute Gasteiger partial charge is 0.315 e. The molecule has 0 bridgehead atoms. The van der Waals surface area contributed by atoms with Gasteiger partial charge < -0.3 is 10.2 Å². The Labute approximate surface area is 83.7 Å². The molecular weight excluding hydrogens is 160 g/mol. The first-order valence-electron chi connectivity index (χ1n) is 5.48. The Kier molecular flexibility index (Phi) is 7.29. The molecule has 0 saturated heterocycles. The quantitative estimate of drug-likeness (QED) is 0.654. The summed E-state index contributed by atoms with van der Waals surface area (Å²) in [4.78, 5) is 2.30. The first kappa shape index (κ1) is 12.9. The van der Waals surface area contributed by atoms with Crippen molar-refractivity contribution in [3.63, 3.8) is 0 Å². The van der Waals surface area contributed by atoms with Crippen LogP contribution in [0.25, 0.3) is 0 Å². The van der Waals surface area contributed by atoms with Gasteiger partial charge in [-0.25, -0.2) is 0 Å². The van der Waals surface area contributed by atoms with E-state index in [1.54, 1.807) is 0 Å². The standard InChI is InChI=1S/C11H26N2/c1-6-10(3)8-12-9-11(7-2)13(4)5/h10-12H,6-9H2,1-5H3. The number of hydrogen-bond donors (Lipinski definition) is 1. The normalized spacial score (nSPS) is 16.2. The molecule has 0 aliphatic heterocycles. The van der Waals surface area contributed by atoms with Gasteiger partial charge in [0, 0.05) is 12.6 Å². The van der Waals surface area contributed by atoms with E-state index in [2.05, 4.69) is 45.1 Å². The third-order valence-electron chi connectivity index (χ3n) is 2.77. The summed E-state index contributed by atoms with van der Waals surface area (Å²) in [6.45, 7) is 9.06. The van der Waals surface area contributed by atoms with Crippen LogP contribution >= 0.6 is 0 Å². The fourth-order valence-corrected chi connectivity index (χ4v) is 1.33. The van der Waals surface area contributed by atoms with E-state index in [0.29, 0.717) is 6.04 Å². The van der Waals surface area contributed by atoms with Gasteiger partial charge in [0.05, 0.1) is 0 Å². The minimum atomic E-state index is 0.684. The van der Waals surface area contributed by atoms with Gasteiger partial charge in [0.25, 0.3) is 0 Å². The van der Waals surface area contributed by atoms with E-state index in [0.717, 1.165) is 19.0 Å². The minimum Gasteiger partial charge on any atom is -0.315 e. The molecule has 13 heavy (non-hydrogen) atoms. The molecule has 0 saturated carbocycles. The molecule has 0 aliphatic carbocycles. The Morgan fingerprint density at radius 3 is 2.08 bits per heavy atom. The summed E-state index contributed by atoms with van der Waals surface area (Å²) in [6, 6.07) is 0.684. The fraction of sp³-hybridized carbons (Fsp3) is 1.00. The van der Waals surface area contributed by atoms with Crippen molar-refractivity contribution in [3.8, 4) is 0 Å². The summed E-state index contributed by atoms with van der Waals surface area (Å²) >= 11 is 0. The van der Waals surface area contributed by atoms with Crippen LogP contribution in [0.5, 0.6) is 0 Å². The number of hydrogen-bond acceptors (Lipinski definition) is 2. The van der Waals surface area contributed by atoms with Crippen LogP contribution in [0.4, 0.5) is 0 Å². The molecule has 2 atom stereocenters. The lowest BCUT2D eigenvalue weighted by molar-refractivity contribution is 0.272. The molecule has 0 aromatic heterocycles. The van der Waals surface area contributed by atoms with Gasteiger partial charge in [0.1, 0.15) is 0 Å². The number of likely N-dealkylation sites (N-methyl/N-ethyl adjacent to an activating group) is 1. The van der Waals surface area contributed by atoms with Crippen molar-refractivity contribution in [1.29, 1.82) is 0 Å². The second-order valence-electron chi connectivity index (χ2n) is 4.20. The highest BCUT2D eigenvalue weighted by molar-refractivity contribution is 4.67. The summed E-state index contributed by atoms with van der Waals surface area (Å²) in [7, 11) is 4.30. The second kappa shape index (κ2) is 7.34. The Hall–Kier alpha value is -0.0800. The van der Waals surface area contributed by atoms with Crippen molar-refractivity contribution in [2.24, 2.45) is 5.92 Å². The highest BCUT2D eigenvalue weighted by atomic mass is 15.1. The maximum absolute atomic E-state index is 3.53. The molecule has 0 spiro atoms. The van der Waals surface area contributed by atoms with Crippen LogP contribution in [-0.4, -0.2) is 38.1 Å². The van der Waals surface area contributed by atoms with Crippen LogP contribution in [0.3, 0.4) is 0 Å². The first-order valence-corrected chi connectivity index (χ1v) is 5.48. The maximum Gasteiger partial charge on any atom is 0.0211 e. The lowest BCUT2D eigenvalue weighted by Crippen LogP contribution is -2.38. The Bertz CT molecular complexity index is 113. The molecule has 2 nitrogen and oxygen atoms in total. The van der Waals surface area contributed by atoms with E-state index in [-0.39, 0.29) is 0 Å². The zero-order valence-corrected chi connectivity index (χ0v) is 9.93. The van der Waals surface area contributed by atoms with Crippen molar-refractivity contribution < 1.29 is 0 Å². The zero-order chi connectivity index (χ0) is 10.3. The van der Waals surface area contributed by atoms with Crippen LogP contribution in [0, 0.1) is 5.92 Å². The lowest BCUT2D eigenvalue weighted by atomic mass is 10.1. The highest BCUT2D eigenvalue weighted by Gasteiger charge is 2.07. The van der Waals surface area contributed by atoms with Gasteiger partial charge in [-0.15, -0.1) is 0 Å². The third-order valence-corrected chi connectivity index (χ3v) is 2.77. The maximum atomic E-state index is 3.53.